The van der Waals surface area contributed by atoms with Crippen LogP contribution in [-0.2, 0) is 5.54 Å². The van der Waals surface area contributed by atoms with E-state index in [1.54, 1.807) is 0 Å². The first-order valence-electron chi connectivity index (χ1n) is 12.5. The molecule has 5 rings (SSSR count). The van der Waals surface area contributed by atoms with Crippen LogP contribution in [-0.4, -0.2) is 38.0 Å². The summed E-state index contributed by atoms with van der Waals surface area (Å²) in [6.07, 6.45) is 2.50. The van der Waals surface area contributed by atoms with E-state index >= 15 is 0 Å². The van der Waals surface area contributed by atoms with E-state index < -0.39 is 5.54 Å². The van der Waals surface area contributed by atoms with E-state index in [0.29, 0.717) is 15.0 Å². The van der Waals surface area contributed by atoms with Gasteiger partial charge in [-0.25, -0.2) is 0 Å². The Morgan fingerprint density at radius 3 is 1.67 bits per heavy atom. The molecule has 0 saturated carbocycles. The van der Waals surface area contributed by atoms with Crippen molar-refractivity contribution in [1.82, 2.24) is 0 Å². The molecule has 4 heteroatoms. The second-order valence-corrected chi connectivity index (χ2v) is 14.4. The molecule has 4 aromatic carbocycles. The molecule has 2 nitrogen and oxygen atoms in total. The number of hydrogen-bond acceptors (Lipinski definition) is 2. The van der Waals surface area contributed by atoms with Crippen LogP contribution in [0.4, 0.5) is 0 Å². The fourth-order valence-corrected chi connectivity index (χ4v) is 10.7. The van der Waals surface area contributed by atoms with E-state index in [9.17, 15) is 0 Å². The second-order valence-electron chi connectivity index (χ2n) is 8.78. The maximum atomic E-state index is 5.64. The minimum atomic E-state index is -0.562. The third-order valence-electron chi connectivity index (χ3n) is 6.34. The molecule has 0 aliphatic carbocycles. The molecular formula is C32H30N2Se2. The predicted octanol–water partition coefficient (Wildman–Crippen LogP) is 7.11. The number of nitrogens with zero attached hydrogens (tertiary/aromatic N) is 2. The molecule has 0 aromatic heterocycles. The van der Waals surface area contributed by atoms with Crippen LogP contribution in [0.2, 0.25) is 5.32 Å². The average Bonchev–Trinajstić information content (AvgIpc) is 3.33. The van der Waals surface area contributed by atoms with Gasteiger partial charge in [-0.2, -0.15) is 0 Å². The third-order valence-corrected chi connectivity index (χ3v) is 12.1. The van der Waals surface area contributed by atoms with Crippen molar-refractivity contribution in [3.8, 4) is 0 Å². The topological polar surface area (TPSA) is 24.7 Å². The van der Waals surface area contributed by atoms with Crippen molar-refractivity contribution in [3.63, 3.8) is 0 Å². The zero-order chi connectivity index (χ0) is 24.6. The Bertz CT molecular complexity index is 1220. The molecule has 1 heterocycles. The predicted molar refractivity (Wildman–Crippen MR) is 154 cm³/mol. The number of rotatable bonds is 9. The van der Waals surface area contributed by atoms with Gasteiger partial charge in [-0.3, -0.25) is 0 Å². The monoisotopic (exact) mass is 602 g/mol. The first-order chi connectivity index (χ1) is 17.8. The van der Waals surface area contributed by atoms with Crippen LogP contribution >= 0.6 is 0 Å². The Balaban J connectivity index is 1.71. The van der Waals surface area contributed by atoms with Crippen molar-refractivity contribution in [3.05, 3.63) is 144 Å². The van der Waals surface area contributed by atoms with Crippen molar-refractivity contribution >= 4 is 38.0 Å². The number of hydrogen-bond donors (Lipinski definition) is 0. The summed E-state index contributed by atoms with van der Waals surface area (Å²) in [6.45, 7) is 2.27. The van der Waals surface area contributed by atoms with Gasteiger partial charge in [0.1, 0.15) is 0 Å². The van der Waals surface area contributed by atoms with E-state index in [1.807, 2.05) is 0 Å². The molecule has 0 atom stereocenters. The summed E-state index contributed by atoms with van der Waals surface area (Å²) < 4.78 is 2.59. The van der Waals surface area contributed by atoms with E-state index in [2.05, 4.69) is 128 Å². The van der Waals surface area contributed by atoms with E-state index in [1.165, 1.54) is 48.5 Å². The van der Waals surface area contributed by atoms with Crippen LogP contribution in [0.3, 0.4) is 0 Å². The molecule has 0 unspecified atom stereocenters. The van der Waals surface area contributed by atoms with Crippen LogP contribution in [0.1, 0.15) is 48.1 Å². The van der Waals surface area contributed by atoms with Gasteiger partial charge < -0.3 is 0 Å². The molecule has 0 spiro atoms. The maximum absolute atomic E-state index is 5.64. The van der Waals surface area contributed by atoms with Crippen molar-refractivity contribution in [2.24, 2.45) is 9.98 Å². The number of unbranched alkanes of at least 4 members (excludes halogenated alkanes) is 1. The Morgan fingerprint density at radius 2 is 1.19 bits per heavy atom. The Kier molecular flexibility index (Phi) is 8.31. The normalized spacial score (nSPS) is 15.8. The minimum absolute atomic E-state index is 0.0613. The Hall–Kier alpha value is -2.74. The molecule has 0 fully saturated rings. The van der Waals surface area contributed by atoms with Crippen LogP contribution in [0.5, 0.6) is 0 Å². The molecule has 0 bridgehead atoms. The summed E-state index contributed by atoms with van der Waals surface area (Å²) >= 11 is 0.512. The van der Waals surface area contributed by atoms with Gasteiger partial charge in [0.2, 0.25) is 0 Å². The standard InChI is InChI=1S/C32H30N2Se2/c1-2-3-24-35-31-34-32(27-20-12-6-13-21-27,28-22-14-7-15-23-28)30(36-31)33-29(25-16-8-4-9-17-25)26-18-10-5-11-19-26/h4-23,29H,2-3,24H2,1H3. The quantitative estimate of drug-likeness (QED) is 0.145. The molecule has 0 N–H and O–H groups in total. The zero-order valence-corrected chi connectivity index (χ0v) is 23.9. The van der Waals surface area contributed by atoms with E-state index in [4.69, 9.17) is 9.98 Å². The van der Waals surface area contributed by atoms with Crippen molar-refractivity contribution in [2.45, 2.75) is 36.7 Å². The molecule has 36 heavy (non-hydrogen) atoms. The van der Waals surface area contributed by atoms with Gasteiger partial charge in [-0.1, -0.05) is 0 Å². The second kappa shape index (κ2) is 12.0. The van der Waals surface area contributed by atoms with Crippen molar-refractivity contribution < 1.29 is 0 Å². The van der Waals surface area contributed by atoms with Crippen LogP contribution in [0.15, 0.2) is 131 Å². The fourth-order valence-electron chi connectivity index (χ4n) is 4.48. The van der Waals surface area contributed by atoms with Gasteiger partial charge in [0, 0.05) is 0 Å². The van der Waals surface area contributed by atoms with Gasteiger partial charge in [0.25, 0.3) is 0 Å². The summed E-state index contributed by atoms with van der Waals surface area (Å²) in [6, 6.07) is 42.9. The number of benzene rings is 4. The molecule has 0 radical (unpaired) electrons. The van der Waals surface area contributed by atoms with Gasteiger partial charge in [0.15, 0.2) is 0 Å². The number of aliphatic imine (C=N–C) groups is 2. The fraction of sp³-hybridized carbons (Fsp3) is 0.188. The summed E-state index contributed by atoms with van der Waals surface area (Å²) in [5, 5.41) is 1.25. The summed E-state index contributed by atoms with van der Waals surface area (Å²) in [5.74, 6) is 0. The molecular weight excluding hydrogens is 570 g/mol. The van der Waals surface area contributed by atoms with Gasteiger partial charge in [0.05, 0.1) is 0 Å². The molecule has 4 aromatic rings. The molecule has 1 aliphatic rings. The van der Waals surface area contributed by atoms with Gasteiger partial charge in [-0.15, -0.1) is 0 Å². The third kappa shape index (κ3) is 5.33. The van der Waals surface area contributed by atoms with E-state index in [0.717, 1.165) is 0 Å². The summed E-state index contributed by atoms with van der Waals surface area (Å²) in [5.41, 5.74) is 4.28. The van der Waals surface area contributed by atoms with Crippen LogP contribution in [0.25, 0.3) is 0 Å². The van der Waals surface area contributed by atoms with Crippen LogP contribution < -0.4 is 0 Å². The van der Waals surface area contributed by atoms with Gasteiger partial charge >= 0.3 is 228 Å². The SMILES string of the molecule is CCCC[Se]C1=NC(c2ccccc2)(c2ccccc2)C(=NC(c2ccccc2)c2ccccc2)[Se]1. The van der Waals surface area contributed by atoms with Crippen molar-refractivity contribution in [2.75, 3.05) is 0 Å². The molecule has 0 saturated heterocycles. The molecule has 180 valence electrons. The Labute approximate surface area is 227 Å². The average molecular weight is 601 g/mol. The summed E-state index contributed by atoms with van der Waals surface area (Å²) in [4.78, 5) is 11.2. The molecule has 1 aliphatic heterocycles. The zero-order valence-electron chi connectivity index (χ0n) is 20.5. The van der Waals surface area contributed by atoms with Crippen LogP contribution in [0, 0.1) is 0 Å². The summed E-state index contributed by atoms with van der Waals surface area (Å²) in [7, 11) is 0. The first kappa shape index (κ1) is 24.9. The Morgan fingerprint density at radius 1 is 0.722 bits per heavy atom. The van der Waals surface area contributed by atoms with E-state index in [-0.39, 0.29) is 21.0 Å². The molecule has 0 amide bonds. The van der Waals surface area contributed by atoms with Crippen molar-refractivity contribution in [1.29, 1.82) is 0 Å². The first-order valence-corrected chi connectivity index (χ1v) is 16.3. The van der Waals surface area contributed by atoms with Gasteiger partial charge in [-0.05, 0) is 0 Å².